The highest BCUT2D eigenvalue weighted by Gasteiger charge is 2.28. The van der Waals surface area contributed by atoms with Crippen LogP contribution in [0.3, 0.4) is 0 Å². The van der Waals surface area contributed by atoms with Gasteiger partial charge in [0, 0.05) is 5.56 Å². The van der Waals surface area contributed by atoms with Gasteiger partial charge in [-0.1, -0.05) is 30.3 Å². The van der Waals surface area contributed by atoms with Crippen LogP contribution in [0.4, 0.5) is 10.1 Å². The maximum atomic E-state index is 14.3. The molecule has 5 nitrogen and oxygen atoms in total. The molecule has 3 aromatic carbocycles. The Labute approximate surface area is 164 Å². The largest absolute Gasteiger partial charge is 0.497 e. The molecule has 3 rings (SSSR count). The van der Waals surface area contributed by atoms with Crippen molar-refractivity contribution in [3.05, 3.63) is 84.2 Å². The number of ether oxygens (including phenoxy) is 2. The second-order valence-corrected chi connectivity index (χ2v) is 7.78. The van der Waals surface area contributed by atoms with Crippen LogP contribution in [0.1, 0.15) is 5.56 Å². The lowest BCUT2D eigenvalue weighted by Gasteiger charge is -2.25. The Morgan fingerprint density at radius 3 is 2.14 bits per heavy atom. The number of para-hydroxylation sites is 1. The van der Waals surface area contributed by atoms with Crippen molar-refractivity contribution in [2.45, 2.75) is 11.4 Å². The summed E-state index contributed by atoms with van der Waals surface area (Å²) < 4.78 is 52.6. The predicted molar refractivity (Wildman–Crippen MR) is 106 cm³/mol. The van der Waals surface area contributed by atoms with Gasteiger partial charge >= 0.3 is 0 Å². The lowest BCUT2D eigenvalue weighted by atomic mass is 10.2. The van der Waals surface area contributed by atoms with Gasteiger partial charge in [-0.3, -0.25) is 4.31 Å². The number of methoxy groups -OCH3 is 2. The summed E-state index contributed by atoms with van der Waals surface area (Å²) in [6, 6.07) is 19.0. The van der Waals surface area contributed by atoms with Crippen molar-refractivity contribution in [3.8, 4) is 11.5 Å². The predicted octanol–water partition coefficient (Wildman–Crippen LogP) is 4.24. The first kappa shape index (κ1) is 19.7. The molecule has 146 valence electrons. The molecule has 0 N–H and O–H groups in total. The van der Waals surface area contributed by atoms with Gasteiger partial charge in [0.2, 0.25) is 0 Å². The van der Waals surface area contributed by atoms with Crippen molar-refractivity contribution in [1.29, 1.82) is 0 Å². The fraction of sp³-hybridized carbons (Fsp3) is 0.143. The molecular formula is C21H20FNO4S. The number of nitrogens with zero attached hydrogens (tertiary/aromatic N) is 1. The summed E-state index contributed by atoms with van der Waals surface area (Å²) in [5.41, 5.74) is 1.04. The van der Waals surface area contributed by atoms with Gasteiger partial charge in [0.15, 0.2) is 0 Å². The van der Waals surface area contributed by atoms with E-state index in [1.54, 1.807) is 48.5 Å². The van der Waals surface area contributed by atoms with Crippen molar-refractivity contribution >= 4 is 15.7 Å². The van der Waals surface area contributed by atoms with Crippen LogP contribution >= 0.6 is 0 Å². The summed E-state index contributed by atoms with van der Waals surface area (Å²) in [4.78, 5) is -0.388. The van der Waals surface area contributed by atoms with Crippen LogP contribution in [0.25, 0.3) is 0 Å². The normalized spacial score (nSPS) is 11.1. The van der Waals surface area contributed by atoms with E-state index in [-0.39, 0.29) is 11.4 Å². The molecule has 7 heteroatoms. The van der Waals surface area contributed by atoms with Gasteiger partial charge in [0.05, 0.1) is 26.5 Å². The molecule has 0 spiro atoms. The third kappa shape index (κ3) is 3.94. The van der Waals surface area contributed by atoms with Gasteiger partial charge in [-0.2, -0.15) is 0 Å². The Kier molecular flexibility index (Phi) is 5.84. The summed E-state index contributed by atoms with van der Waals surface area (Å²) >= 11 is 0. The Morgan fingerprint density at radius 2 is 1.50 bits per heavy atom. The van der Waals surface area contributed by atoms with Gasteiger partial charge in [-0.15, -0.1) is 0 Å². The number of anilines is 1. The minimum absolute atomic E-state index is 0.0208. The highest BCUT2D eigenvalue weighted by Crippen LogP contribution is 2.30. The van der Waals surface area contributed by atoms with Crippen molar-refractivity contribution in [2.24, 2.45) is 0 Å². The monoisotopic (exact) mass is 401 g/mol. The summed E-state index contributed by atoms with van der Waals surface area (Å²) in [5.74, 6) is 0.329. The number of benzene rings is 3. The maximum absolute atomic E-state index is 14.3. The smallest absolute Gasteiger partial charge is 0.267 e. The van der Waals surface area contributed by atoms with E-state index >= 15 is 0 Å². The molecule has 0 amide bonds. The van der Waals surface area contributed by atoms with Gasteiger partial charge in [0.1, 0.15) is 22.2 Å². The van der Waals surface area contributed by atoms with E-state index in [4.69, 9.17) is 9.47 Å². The molecule has 0 atom stereocenters. The molecule has 0 fully saturated rings. The third-order valence-corrected chi connectivity index (χ3v) is 6.08. The fourth-order valence-electron chi connectivity index (χ4n) is 2.82. The first-order valence-corrected chi connectivity index (χ1v) is 9.94. The van der Waals surface area contributed by atoms with Crippen molar-refractivity contribution in [1.82, 2.24) is 0 Å². The molecule has 3 aromatic rings. The van der Waals surface area contributed by atoms with Crippen LogP contribution in [0.15, 0.2) is 77.7 Å². The molecule has 0 aliphatic heterocycles. The van der Waals surface area contributed by atoms with E-state index < -0.39 is 15.8 Å². The van der Waals surface area contributed by atoms with Crippen LogP contribution in [-0.4, -0.2) is 22.6 Å². The number of hydrogen-bond donors (Lipinski definition) is 0. The Bertz CT molecular complexity index is 1050. The zero-order chi connectivity index (χ0) is 20.1. The number of sulfonamides is 1. The average molecular weight is 401 g/mol. The highest BCUT2D eigenvalue weighted by molar-refractivity contribution is 7.92. The fourth-order valence-corrected chi connectivity index (χ4v) is 4.34. The second-order valence-electron chi connectivity index (χ2n) is 5.95. The van der Waals surface area contributed by atoms with E-state index in [2.05, 4.69) is 0 Å². The molecule has 0 aliphatic rings. The lowest BCUT2D eigenvalue weighted by molar-refractivity contribution is 0.409. The number of halogens is 1. The van der Waals surface area contributed by atoms with Crippen molar-refractivity contribution < 1.29 is 22.3 Å². The van der Waals surface area contributed by atoms with E-state index in [1.807, 2.05) is 0 Å². The number of hydrogen-bond acceptors (Lipinski definition) is 4. The summed E-state index contributed by atoms with van der Waals surface area (Å²) in [6.07, 6.45) is 0. The molecule has 28 heavy (non-hydrogen) atoms. The van der Waals surface area contributed by atoms with E-state index in [9.17, 15) is 12.8 Å². The Morgan fingerprint density at radius 1 is 0.857 bits per heavy atom. The molecule has 0 saturated carbocycles. The molecule has 0 aliphatic carbocycles. The molecule has 0 aromatic heterocycles. The Hall–Kier alpha value is -3.06. The maximum Gasteiger partial charge on any atom is 0.267 e. The first-order chi connectivity index (χ1) is 13.5. The minimum Gasteiger partial charge on any atom is -0.497 e. The zero-order valence-corrected chi connectivity index (χ0v) is 16.3. The van der Waals surface area contributed by atoms with Crippen LogP contribution < -0.4 is 13.8 Å². The average Bonchev–Trinajstić information content (AvgIpc) is 2.72. The SMILES string of the molecule is COc1ccc(N(Cc2ccccc2OC)S(=O)(=O)c2ccccc2F)cc1. The first-order valence-electron chi connectivity index (χ1n) is 8.50. The van der Waals surface area contributed by atoms with E-state index in [1.165, 1.54) is 32.4 Å². The van der Waals surface area contributed by atoms with Crippen LogP contribution in [-0.2, 0) is 16.6 Å². The molecule has 0 bridgehead atoms. The van der Waals surface area contributed by atoms with Crippen LogP contribution in [0.2, 0.25) is 0 Å². The molecule has 0 saturated heterocycles. The lowest BCUT2D eigenvalue weighted by Crippen LogP contribution is -2.31. The van der Waals surface area contributed by atoms with E-state index in [0.29, 0.717) is 22.7 Å². The topological polar surface area (TPSA) is 55.8 Å². The van der Waals surface area contributed by atoms with Crippen LogP contribution in [0, 0.1) is 5.82 Å². The highest BCUT2D eigenvalue weighted by atomic mass is 32.2. The molecular weight excluding hydrogens is 381 g/mol. The summed E-state index contributed by atoms with van der Waals surface area (Å²) in [7, 11) is -1.12. The van der Waals surface area contributed by atoms with Gasteiger partial charge in [0.25, 0.3) is 10.0 Å². The Balaban J connectivity index is 2.12. The van der Waals surface area contributed by atoms with E-state index in [0.717, 1.165) is 10.4 Å². The van der Waals surface area contributed by atoms with Gasteiger partial charge < -0.3 is 9.47 Å². The quantitative estimate of drug-likeness (QED) is 0.594. The van der Waals surface area contributed by atoms with Crippen molar-refractivity contribution in [2.75, 3.05) is 18.5 Å². The summed E-state index contributed by atoms with van der Waals surface area (Å²) in [5, 5.41) is 0. The summed E-state index contributed by atoms with van der Waals surface area (Å²) in [6.45, 7) is -0.0208. The molecule has 0 heterocycles. The third-order valence-electron chi connectivity index (χ3n) is 4.27. The standard InChI is InChI=1S/C21H20FNO4S/c1-26-18-13-11-17(12-14-18)23(15-16-7-3-5-9-20(16)27-2)28(24,25)21-10-6-4-8-19(21)22/h3-14H,15H2,1-2H3. The minimum atomic E-state index is -4.17. The molecule has 0 radical (unpaired) electrons. The van der Waals surface area contributed by atoms with Gasteiger partial charge in [-0.05, 0) is 42.5 Å². The van der Waals surface area contributed by atoms with Crippen molar-refractivity contribution in [3.63, 3.8) is 0 Å². The number of rotatable bonds is 7. The van der Waals surface area contributed by atoms with Crippen LogP contribution in [0.5, 0.6) is 11.5 Å². The zero-order valence-electron chi connectivity index (χ0n) is 15.5. The second kappa shape index (κ2) is 8.31. The molecule has 0 unspecified atom stereocenters. The van der Waals surface area contributed by atoms with Gasteiger partial charge in [-0.25, -0.2) is 12.8 Å².